The molecule has 0 aliphatic rings. The van der Waals surface area contributed by atoms with E-state index in [9.17, 15) is 12.8 Å². The van der Waals surface area contributed by atoms with E-state index in [4.69, 9.17) is 11.6 Å². The van der Waals surface area contributed by atoms with E-state index in [1.807, 2.05) is 24.3 Å². The van der Waals surface area contributed by atoms with Gasteiger partial charge in [0.15, 0.2) is 0 Å². The fraction of sp³-hybridized carbons (Fsp3) is 0.0526. The Morgan fingerprint density at radius 3 is 2.44 bits per heavy atom. The number of anilines is 1. The number of fused-ring (bicyclic) bond motifs is 1. The van der Waals surface area contributed by atoms with Crippen LogP contribution in [0.15, 0.2) is 78.2 Å². The van der Waals surface area contributed by atoms with E-state index < -0.39 is 15.8 Å². The van der Waals surface area contributed by atoms with E-state index in [-0.39, 0.29) is 22.2 Å². The zero-order valence-corrected chi connectivity index (χ0v) is 14.8. The number of sulfonamides is 1. The summed E-state index contributed by atoms with van der Waals surface area (Å²) in [6.45, 7) is 3.65. The highest BCUT2D eigenvalue weighted by Crippen LogP contribution is 2.29. The van der Waals surface area contributed by atoms with Crippen molar-refractivity contribution in [1.29, 1.82) is 0 Å². The normalized spacial score (nSPS) is 11.4. The number of hydrogen-bond donors (Lipinski definition) is 0. The summed E-state index contributed by atoms with van der Waals surface area (Å²) in [4.78, 5) is 0.147. The van der Waals surface area contributed by atoms with Gasteiger partial charge in [-0.2, -0.15) is 0 Å². The molecule has 0 unspecified atom stereocenters. The number of nitrogens with zero attached hydrogens (tertiary/aromatic N) is 1. The number of rotatable bonds is 5. The second kappa shape index (κ2) is 6.86. The van der Waals surface area contributed by atoms with Gasteiger partial charge in [0, 0.05) is 0 Å². The predicted octanol–water partition coefficient (Wildman–Crippen LogP) is 5.01. The molecule has 3 nitrogen and oxygen atoms in total. The fourth-order valence-corrected chi connectivity index (χ4v) is 4.19. The van der Waals surface area contributed by atoms with Gasteiger partial charge in [0.05, 0.1) is 22.2 Å². The van der Waals surface area contributed by atoms with E-state index in [0.717, 1.165) is 21.1 Å². The Labute approximate surface area is 151 Å². The molecule has 0 aliphatic carbocycles. The number of hydrogen-bond acceptors (Lipinski definition) is 2. The molecule has 0 amide bonds. The van der Waals surface area contributed by atoms with Crippen molar-refractivity contribution in [3.63, 3.8) is 0 Å². The summed E-state index contributed by atoms with van der Waals surface area (Å²) >= 11 is 5.81. The van der Waals surface area contributed by atoms with Crippen LogP contribution in [0.4, 0.5) is 10.1 Å². The van der Waals surface area contributed by atoms with E-state index in [1.165, 1.54) is 18.2 Å². The standard InChI is InChI=1S/C19H15ClFNO2S/c1-2-11-22(16-8-10-19(21)18(20)13-16)25(23,24)17-9-7-14-5-3-4-6-15(14)12-17/h2-10,12-13H,1,11H2. The molecular weight excluding hydrogens is 361 g/mol. The first-order valence-corrected chi connectivity index (χ1v) is 9.33. The lowest BCUT2D eigenvalue weighted by molar-refractivity contribution is 0.592. The summed E-state index contributed by atoms with van der Waals surface area (Å²) in [5.74, 6) is -0.605. The first-order chi connectivity index (χ1) is 11.9. The van der Waals surface area contributed by atoms with Crippen molar-refractivity contribution < 1.29 is 12.8 Å². The van der Waals surface area contributed by atoms with Crippen LogP contribution in [0.5, 0.6) is 0 Å². The van der Waals surface area contributed by atoms with Gasteiger partial charge < -0.3 is 0 Å². The molecular formula is C19H15ClFNO2S. The highest BCUT2D eigenvalue weighted by Gasteiger charge is 2.25. The van der Waals surface area contributed by atoms with Gasteiger partial charge in [-0.1, -0.05) is 48.0 Å². The molecule has 3 aromatic carbocycles. The molecule has 0 aliphatic heterocycles. The summed E-state index contributed by atoms with van der Waals surface area (Å²) in [6.07, 6.45) is 1.47. The van der Waals surface area contributed by atoms with Crippen LogP contribution in [0.1, 0.15) is 0 Å². The van der Waals surface area contributed by atoms with Gasteiger partial charge in [-0.05, 0) is 41.1 Å². The zero-order valence-electron chi connectivity index (χ0n) is 13.2. The van der Waals surface area contributed by atoms with Crippen LogP contribution in [0.25, 0.3) is 10.8 Å². The lowest BCUT2D eigenvalue weighted by Gasteiger charge is -2.23. The summed E-state index contributed by atoms with van der Waals surface area (Å²) < 4.78 is 40.8. The Morgan fingerprint density at radius 1 is 1.04 bits per heavy atom. The van der Waals surface area contributed by atoms with Gasteiger partial charge in [-0.3, -0.25) is 4.31 Å². The Balaban J connectivity index is 2.12. The Bertz CT molecular complexity index is 1050. The maximum atomic E-state index is 13.4. The average molecular weight is 376 g/mol. The minimum Gasteiger partial charge on any atom is -0.262 e. The number of halogens is 2. The summed E-state index contributed by atoms with van der Waals surface area (Å²) in [5, 5.41) is 1.63. The molecule has 3 rings (SSSR count). The topological polar surface area (TPSA) is 37.4 Å². The van der Waals surface area contributed by atoms with Gasteiger partial charge in [0.2, 0.25) is 0 Å². The van der Waals surface area contributed by atoms with Crippen molar-refractivity contribution >= 4 is 38.1 Å². The summed E-state index contributed by atoms with van der Waals surface area (Å²) in [5.41, 5.74) is 0.277. The molecule has 25 heavy (non-hydrogen) atoms. The van der Waals surface area contributed by atoms with Crippen LogP contribution in [0.3, 0.4) is 0 Å². The molecule has 0 atom stereocenters. The third-order valence-electron chi connectivity index (χ3n) is 3.80. The molecule has 0 fully saturated rings. The highest BCUT2D eigenvalue weighted by molar-refractivity contribution is 7.92. The van der Waals surface area contributed by atoms with Crippen LogP contribution in [0, 0.1) is 5.82 Å². The SMILES string of the molecule is C=CCN(c1ccc(F)c(Cl)c1)S(=O)(=O)c1ccc2ccccc2c1. The third-order valence-corrected chi connectivity index (χ3v) is 5.87. The van der Waals surface area contributed by atoms with Crippen molar-refractivity contribution in [2.24, 2.45) is 0 Å². The lowest BCUT2D eigenvalue weighted by Crippen LogP contribution is -2.31. The minimum absolute atomic E-state index is 0.0388. The zero-order chi connectivity index (χ0) is 18.0. The van der Waals surface area contributed by atoms with Crippen LogP contribution in [0.2, 0.25) is 5.02 Å². The van der Waals surface area contributed by atoms with E-state index in [0.29, 0.717) is 0 Å². The van der Waals surface area contributed by atoms with E-state index in [2.05, 4.69) is 6.58 Å². The molecule has 0 saturated heterocycles. The second-order valence-electron chi connectivity index (χ2n) is 5.43. The first-order valence-electron chi connectivity index (χ1n) is 7.51. The fourth-order valence-electron chi connectivity index (χ4n) is 2.55. The number of benzene rings is 3. The Morgan fingerprint density at radius 2 is 1.76 bits per heavy atom. The third kappa shape index (κ3) is 3.38. The molecule has 0 saturated carbocycles. The van der Waals surface area contributed by atoms with Gasteiger partial charge >= 0.3 is 0 Å². The van der Waals surface area contributed by atoms with Crippen LogP contribution < -0.4 is 4.31 Å². The maximum absolute atomic E-state index is 13.4. The van der Waals surface area contributed by atoms with Crippen LogP contribution in [-0.2, 0) is 10.0 Å². The van der Waals surface area contributed by atoms with Gasteiger partial charge in [0.1, 0.15) is 5.82 Å². The Hall–Kier alpha value is -2.37. The molecule has 0 radical (unpaired) electrons. The van der Waals surface area contributed by atoms with Crippen molar-refractivity contribution in [3.8, 4) is 0 Å². The van der Waals surface area contributed by atoms with Gasteiger partial charge in [-0.15, -0.1) is 6.58 Å². The highest BCUT2D eigenvalue weighted by atomic mass is 35.5. The van der Waals surface area contributed by atoms with Crippen LogP contribution in [-0.4, -0.2) is 15.0 Å². The van der Waals surface area contributed by atoms with Crippen molar-refractivity contribution in [3.05, 3.63) is 84.2 Å². The molecule has 6 heteroatoms. The Kier molecular flexibility index (Phi) is 4.79. The lowest BCUT2D eigenvalue weighted by atomic mass is 10.1. The maximum Gasteiger partial charge on any atom is 0.264 e. The molecule has 0 N–H and O–H groups in total. The van der Waals surface area contributed by atoms with Crippen molar-refractivity contribution in [2.75, 3.05) is 10.8 Å². The van der Waals surface area contributed by atoms with E-state index in [1.54, 1.807) is 18.2 Å². The second-order valence-corrected chi connectivity index (χ2v) is 7.70. The summed E-state index contributed by atoms with van der Waals surface area (Å²) in [7, 11) is -3.86. The predicted molar refractivity (Wildman–Crippen MR) is 100 cm³/mol. The first kappa shape index (κ1) is 17.5. The minimum atomic E-state index is -3.86. The van der Waals surface area contributed by atoms with Gasteiger partial charge in [-0.25, -0.2) is 12.8 Å². The quantitative estimate of drug-likeness (QED) is 0.587. The van der Waals surface area contributed by atoms with Crippen molar-refractivity contribution in [1.82, 2.24) is 0 Å². The molecule has 0 spiro atoms. The van der Waals surface area contributed by atoms with Crippen molar-refractivity contribution in [2.45, 2.75) is 4.90 Å². The molecule has 0 heterocycles. The van der Waals surface area contributed by atoms with Crippen LogP contribution >= 0.6 is 11.6 Å². The average Bonchev–Trinajstić information content (AvgIpc) is 2.61. The molecule has 128 valence electrons. The summed E-state index contributed by atoms with van der Waals surface area (Å²) in [6, 6.07) is 16.2. The monoisotopic (exact) mass is 375 g/mol. The molecule has 0 bridgehead atoms. The molecule has 3 aromatic rings. The smallest absolute Gasteiger partial charge is 0.262 e. The molecule has 0 aromatic heterocycles. The largest absolute Gasteiger partial charge is 0.264 e. The van der Waals surface area contributed by atoms with E-state index >= 15 is 0 Å². The van der Waals surface area contributed by atoms with Gasteiger partial charge in [0.25, 0.3) is 10.0 Å².